The smallest absolute Gasteiger partial charge is 0.435 e. The van der Waals surface area contributed by atoms with Crippen molar-refractivity contribution in [1.29, 1.82) is 0 Å². The number of methoxy groups -OCH3 is 1. The zero-order valence-electron chi connectivity index (χ0n) is 15.5. The predicted octanol–water partition coefficient (Wildman–Crippen LogP) is 4.19. The average Bonchev–Trinajstić information content (AvgIpc) is 3.33. The highest BCUT2D eigenvalue weighted by atomic mass is 19.4. The van der Waals surface area contributed by atoms with Crippen LogP contribution in [0.25, 0.3) is 16.6 Å². The monoisotopic (exact) mass is 418 g/mol. The van der Waals surface area contributed by atoms with Gasteiger partial charge in [0, 0.05) is 29.1 Å². The molecule has 4 aromatic rings. The number of hydrogen-bond donors (Lipinski definition) is 0. The number of carbonyl (C=O) groups is 1. The molecule has 0 fully saturated rings. The van der Waals surface area contributed by atoms with Crippen LogP contribution in [0.3, 0.4) is 0 Å². The van der Waals surface area contributed by atoms with Gasteiger partial charge < -0.3 is 4.74 Å². The normalized spacial score (nSPS) is 11.8. The second-order valence-corrected chi connectivity index (χ2v) is 6.45. The molecule has 1 aromatic carbocycles. The molecule has 0 saturated heterocycles. The summed E-state index contributed by atoms with van der Waals surface area (Å²) >= 11 is 0. The van der Waals surface area contributed by atoms with E-state index in [0.29, 0.717) is 5.52 Å². The Morgan fingerprint density at radius 3 is 2.67 bits per heavy atom. The van der Waals surface area contributed by atoms with Crippen molar-refractivity contribution in [2.24, 2.45) is 0 Å². The topological polar surface area (TPSA) is 61.4 Å². The van der Waals surface area contributed by atoms with E-state index in [-0.39, 0.29) is 28.8 Å². The number of aromatic nitrogens is 4. The molecule has 0 radical (unpaired) electrons. The Morgan fingerprint density at radius 2 is 1.93 bits per heavy atom. The first kappa shape index (κ1) is 19.6. The maximum atomic E-state index is 14.6. The van der Waals surface area contributed by atoms with Crippen LogP contribution in [0.1, 0.15) is 21.6 Å². The van der Waals surface area contributed by atoms with Crippen LogP contribution in [-0.4, -0.2) is 32.5 Å². The number of hydrogen-bond acceptors (Lipinski definition) is 4. The third-order valence-electron chi connectivity index (χ3n) is 4.56. The van der Waals surface area contributed by atoms with Crippen LogP contribution in [0, 0.1) is 5.82 Å². The molecule has 6 nitrogen and oxygen atoms in total. The second-order valence-electron chi connectivity index (χ2n) is 6.45. The van der Waals surface area contributed by atoms with Gasteiger partial charge in [0.2, 0.25) is 0 Å². The lowest BCUT2D eigenvalue weighted by molar-refractivity contribution is -0.141. The Hall–Kier alpha value is -3.69. The van der Waals surface area contributed by atoms with Crippen molar-refractivity contribution in [3.8, 4) is 11.1 Å². The van der Waals surface area contributed by atoms with Crippen molar-refractivity contribution in [2.45, 2.75) is 12.7 Å². The molecule has 30 heavy (non-hydrogen) atoms. The summed E-state index contributed by atoms with van der Waals surface area (Å²) in [4.78, 5) is 11.7. The lowest BCUT2D eigenvalue weighted by Crippen LogP contribution is -2.11. The third kappa shape index (κ3) is 3.40. The van der Waals surface area contributed by atoms with Gasteiger partial charge in [0.05, 0.1) is 30.9 Å². The molecule has 0 N–H and O–H groups in total. The van der Waals surface area contributed by atoms with Crippen molar-refractivity contribution in [2.75, 3.05) is 7.11 Å². The minimum Gasteiger partial charge on any atom is -0.465 e. The van der Waals surface area contributed by atoms with E-state index in [2.05, 4.69) is 14.9 Å². The number of nitrogens with zero attached hydrogens (tertiary/aromatic N) is 4. The first-order valence-electron chi connectivity index (χ1n) is 8.72. The Labute approximate surface area is 167 Å². The fourth-order valence-corrected chi connectivity index (χ4v) is 3.19. The number of benzene rings is 1. The van der Waals surface area contributed by atoms with Crippen LogP contribution in [0.4, 0.5) is 17.6 Å². The Balaban J connectivity index is 1.80. The van der Waals surface area contributed by atoms with Crippen LogP contribution in [0.5, 0.6) is 0 Å². The fourth-order valence-electron chi connectivity index (χ4n) is 3.19. The number of esters is 1. The molecule has 0 bridgehead atoms. The van der Waals surface area contributed by atoms with Crippen molar-refractivity contribution < 1.29 is 27.1 Å². The quantitative estimate of drug-likeness (QED) is 0.368. The van der Waals surface area contributed by atoms with E-state index < -0.39 is 23.7 Å². The molecule has 3 aromatic heterocycles. The molecule has 4 rings (SSSR count). The lowest BCUT2D eigenvalue weighted by Gasteiger charge is -2.07. The molecule has 0 aliphatic carbocycles. The van der Waals surface area contributed by atoms with Gasteiger partial charge >= 0.3 is 12.1 Å². The molecule has 0 spiro atoms. The van der Waals surface area contributed by atoms with E-state index in [0.717, 1.165) is 11.8 Å². The Kier molecular flexibility index (Phi) is 4.76. The van der Waals surface area contributed by atoms with Crippen molar-refractivity contribution >= 4 is 11.5 Å². The highest BCUT2D eigenvalue weighted by molar-refractivity contribution is 5.89. The van der Waals surface area contributed by atoms with E-state index in [1.54, 1.807) is 24.4 Å². The Morgan fingerprint density at radius 1 is 1.13 bits per heavy atom. The van der Waals surface area contributed by atoms with Crippen molar-refractivity contribution in [1.82, 2.24) is 19.4 Å². The predicted molar refractivity (Wildman–Crippen MR) is 98.3 cm³/mol. The summed E-state index contributed by atoms with van der Waals surface area (Å²) in [6, 6.07) is 9.05. The number of pyridine rings is 1. The molecular formula is C20H14F4N4O2. The molecule has 10 heteroatoms. The SMILES string of the molecule is COC(=O)c1cccc(Cn2cc(-c3cnn4ccccc34)c(C(F)(F)F)n2)c1F. The van der Waals surface area contributed by atoms with E-state index >= 15 is 0 Å². The highest BCUT2D eigenvalue weighted by Crippen LogP contribution is 2.37. The summed E-state index contributed by atoms with van der Waals surface area (Å²) in [5.74, 6) is -1.75. The minimum atomic E-state index is -4.73. The molecule has 3 heterocycles. The van der Waals surface area contributed by atoms with Gasteiger partial charge in [-0.2, -0.15) is 23.4 Å². The highest BCUT2D eigenvalue weighted by Gasteiger charge is 2.38. The lowest BCUT2D eigenvalue weighted by atomic mass is 10.1. The molecule has 0 aliphatic heterocycles. The van der Waals surface area contributed by atoms with Crippen molar-refractivity contribution in [3.05, 3.63) is 77.6 Å². The Bertz CT molecular complexity index is 1240. The largest absolute Gasteiger partial charge is 0.465 e. The number of alkyl halides is 3. The standard InChI is InChI=1S/C20H14F4N4O2/c1-30-19(29)13-6-4-5-12(17(13)21)10-27-11-15(18(26-27)20(22,23)24)14-9-25-28-8-3-2-7-16(14)28/h2-9,11H,10H2,1H3. The maximum Gasteiger partial charge on any atom is 0.435 e. The number of ether oxygens (including phenoxy) is 1. The van der Waals surface area contributed by atoms with Gasteiger partial charge in [0.25, 0.3) is 0 Å². The summed E-state index contributed by atoms with van der Waals surface area (Å²) in [6.07, 6.45) is -0.596. The zero-order chi connectivity index (χ0) is 21.5. The van der Waals surface area contributed by atoms with Crippen LogP contribution < -0.4 is 0 Å². The second kappa shape index (κ2) is 7.29. The summed E-state index contributed by atoms with van der Waals surface area (Å²) in [5.41, 5.74) is -0.861. The van der Waals surface area contributed by atoms with Crippen LogP contribution in [0.15, 0.2) is 55.0 Å². The maximum absolute atomic E-state index is 14.6. The fraction of sp³-hybridized carbons (Fsp3) is 0.150. The van der Waals surface area contributed by atoms with Crippen LogP contribution in [0.2, 0.25) is 0 Å². The first-order valence-corrected chi connectivity index (χ1v) is 8.72. The van der Waals surface area contributed by atoms with E-state index in [1.807, 2.05) is 0 Å². The summed E-state index contributed by atoms with van der Waals surface area (Å²) in [6.45, 7) is -0.307. The number of rotatable bonds is 4. The summed E-state index contributed by atoms with van der Waals surface area (Å²) in [7, 11) is 1.11. The molecule has 0 amide bonds. The molecule has 0 atom stereocenters. The van der Waals surface area contributed by atoms with Gasteiger partial charge in [0.15, 0.2) is 5.69 Å². The van der Waals surface area contributed by atoms with E-state index in [9.17, 15) is 22.4 Å². The average molecular weight is 418 g/mol. The first-order chi connectivity index (χ1) is 14.3. The number of carbonyl (C=O) groups excluding carboxylic acids is 1. The van der Waals surface area contributed by atoms with Crippen LogP contribution in [-0.2, 0) is 17.5 Å². The number of fused-ring (bicyclic) bond motifs is 1. The van der Waals surface area contributed by atoms with Gasteiger partial charge in [0.1, 0.15) is 5.82 Å². The molecule has 0 aliphatic rings. The van der Waals surface area contributed by atoms with Gasteiger partial charge in [-0.25, -0.2) is 13.7 Å². The molecule has 154 valence electrons. The van der Waals surface area contributed by atoms with Gasteiger partial charge in [-0.05, 0) is 18.2 Å². The van der Waals surface area contributed by atoms with E-state index in [4.69, 9.17) is 0 Å². The van der Waals surface area contributed by atoms with Crippen molar-refractivity contribution in [3.63, 3.8) is 0 Å². The molecular weight excluding hydrogens is 404 g/mol. The van der Waals surface area contributed by atoms with E-state index in [1.165, 1.54) is 35.1 Å². The van der Waals surface area contributed by atoms with Gasteiger partial charge in [-0.15, -0.1) is 0 Å². The third-order valence-corrected chi connectivity index (χ3v) is 4.56. The van der Waals surface area contributed by atoms with Gasteiger partial charge in [-0.1, -0.05) is 18.2 Å². The molecule has 0 saturated carbocycles. The summed E-state index contributed by atoms with van der Waals surface area (Å²) in [5, 5.41) is 7.71. The zero-order valence-corrected chi connectivity index (χ0v) is 15.5. The van der Waals surface area contributed by atoms with Crippen LogP contribution >= 0.6 is 0 Å². The number of halogens is 4. The molecule has 0 unspecified atom stereocenters. The minimum absolute atomic E-state index is 0.000499. The van der Waals surface area contributed by atoms with Gasteiger partial charge in [-0.3, -0.25) is 4.68 Å². The summed E-state index contributed by atoms with van der Waals surface area (Å²) < 4.78 is 62.6.